The molecule has 0 spiro atoms. The van der Waals surface area contributed by atoms with E-state index in [1.165, 1.54) is 19.3 Å². The van der Waals surface area contributed by atoms with Gasteiger partial charge in [-0.3, -0.25) is 10.1 Å². The molecule has 0 atom stereocenters. The predicted molar refractivity (Wildman–Crippen MR) is 123 cm³/mol. The summed E-state index contributed by atoms with van der Waals surface area (Å²) in [5.74, 6) is 0.466. The Morgan fingerprint density at radius 3 is 2.52 bits per heavy atom. The summed E-state index contributed by atoms with van der Waals surface area (Å²) in [6.45, 7) is 4.76. The Morgan fingerprint density at radius 1 is 1.14 bits per heavy atom. The highest BCUT2D eigenvalue weighted by Gasteiger charge is 2.15. The monoisotopic (exact) mass is 431 g/mol. The van der Waals surface area contributed by atoms with Gasteiger partial charge in [-0.25, -0.2) is 0 Å². The van der Waals surface area contributed by atoms with Crippen molar-refractivity contribution < 1.29 is 9.53 Å². The van der Waals surface area contributed by atoms with Crippen LogP contribution in [0.2, 0.25) is 5.02 Å². The lowest BCUT2D eigenvalue weighted by atomic mass is 10.1. The van der Waals surface area contributed by atoms with E-state index in [0.29, 0.717) is 17.2 Å². The molecule has 29 heavy (non-hydrogen) atoms. The molecule has 7 heteroatoms. The molecular formula is C22H26ClN3O2S. The van der Waals surface area contributed by atoms with Crippen LogP contribution in [-0.4, -0.2) is 30.7 Å². The molecule has 5 nitrogen and oxygen atoms in total. The zero-order valence-corrected chi connectivity index (χ0v) is 18.1. The van der Waals surface area contributed by atoms with Crippen molar-refractivity contribution in [2.45, 2.75) is 32.6 Å². The van der Waals surface area contributed by atoms with Crippen molar-refractivity contribution in [3.05, 3.63) is 53.1 Å². The number of carbonyl (C=O) groups excluding carboxylic acids is 1. The van der Waals surface area contributed by atoms with Crippen LogP contribution >= 0.6 is 23.8 Å². The number of halogens is 1. The van der Waals surface area contributed by atoms with Crippen LogP contribution in [0.15, 0.2) is 42.5 Å². The average Bonchev–Trinajstić information content (AvgIpc) is 2.73. The minimum atomic E-state index is -0.277. The normalized spacial score (nSPS) is 13.7. The number of hydrogen-bond acceptors (Lipinski definition) is 4. The second-order valence-electron chi connectivity index (χ2n) is 6.99. The molecule has 1 saturated heterocycles. The highest BCUT2D eigenvalue weighted by Crippen LogP contribution is 2.30. The molecule has 1 amide bonds. The van der Waals surface area contributed by atoms with Crippen molar-refractivity contribution in [3.8, 4) is 5.75 Å². The minimum Gasteiger partial charge on any atom is -0.494 e. The molecule has 0 unspecified atom stereocenters. The smallest absolute Gasteiger partial charge is 0.257 e. The average molecular weight is 432 g/mol. The molecule has 2 aromatic carbocycles. The van der Waals surface area contributed by atoms with E-state index < -0.39 is 0 Å². The van der Waals surface area contributed by atoms with E-state index in [4.69, 9.17) is 28.6 Å². The van der Waals surface area contributed by atoms with Gasteiger partial charge in [0, 0.05) is 24.3 Å². The SMILES string of the molecule is CCCOc1ccc(C(=O)NC(=S)Nc2ccc(N3CCCCC3)c(Cl)c2)cc1. The highest BCUT2D eigenvalue weighted by molar-refractivity contribution is 7.80. The maximum Gasteiger partial charge on any atom is 0.257 e. The van der Waals surface area contributed by atoms with Gasteiger partial charge >= 0.3 is 0 Å². The van der Waals surface area contributed by atoms with Gasteiger partial charge in [0.2, 0.25) is 0 Å². The zero-order chi connectivity index (χ0) is 20.6. The van der Waals surface area contributed by atoms with Gasteiger partial charge in [0.25, 0.3) is 5.91 Å². The molecule has 1 fully saturated rings. The lowest BCUT2D eigenvalue weighted by Crippen LogP contribution is -2.34. The van der Waals surface area contributed by atoms with Gasteiger partial charge in [-0.15, -0.1) is 0 Å². The summed E-state index contributed by atoms with van der Waals surface area (Å²) < 4.78 is 5.53. The van der Waals surface area contributed by atoms with Crippen molar-refractivity contribution in [3.63, 3.8) is 0 Å². The number of nitrogens with one attached hydrogen (secondary N) is 2. The zero-order valence-electron chi connectivity index (χ0n) is 16.5. The third-order valence-electron chi connectivity index (χ3n) is 4.72. The fourth-order valence-corrected chi connectivity index (χ4v) is 3.75. The van der Waals surface area contributed by atoms with Crippen molar-refractivity contribution in [1.82, 2.24) is 5.32 Å². The van der Waals surface area contributed by atoms with Gasteiger partial charge in [-0.2, -0.15) is 0 Å². The largest absolute Gasteiger partial charge is 0.494 e. The summed E-state index contributed by atoms with van der Waals surface area (Å²) in [5.41, 5.74) is 2.29. The van der Waals surface area contributed by atoms with Crippen molar-refractivity contribution in [1.29, 1.82) is 0 Å². The number of ether oxygens (including phenoxy) is 1. The molecular weight excluding hydrogens is 406 g/mol. The number of anilines is 2. The Hall–Kier alpha value is -2.31. The Bertz CT molecular complexity index is 852. The molecule has 0 saturated carbocycles. The highest BCUT2D eigenvalue weighted by atomic mass is 35.5. The number of rotatable bonds is 6. The third-order valence-corrected chi connectivity index (χ3v) is 5.23. The first-order valence-corrected chi connectivity index (χ1v) is 10.7. The first-order valence-electron chi connectivity index (χ1n) is 9.96. The van der Waals surface area contributed by atoms with Gasteiger partial charge in [-0.05, 0) is 80.4 Å². The number of thiocarbonyl (C=S) groups is 1. The number of piperidine rings is 1. The number of carbonyl (C=O) groups is 1. The van der Waals surface area contributed by atoms with Crippen molar-refractivity contribution >= 4 is 46.2 Å². The van der Waals surface area contributed by atoms with E-state index in [1.54, 1.807) is 24.3 Å². The van der Waals surface area contributed by atoms with E-state index in [9.17, 15) is 4.79 Å². The Labute approximate surface area is 182 Å². The number of nitrogens with zero attached hydrogens (tertiary/aromatic N) is 1. The molecule has 2 N–H and O–H groups in total. The molecule has 3 rings (SSSR count). The molecule has 1 aliphatic heterocycles. The van der Waals surface area contributed by atoms with E-state index in [2.05, 4.69) is 15.5 Å². The van der Waals surface area contributed by atoms with Crippen molar-refractivity contribution in [2.24, 2.45) is 0 Å². The summed E-state index contributed by atoms with van der Waals surface area (Å²) in [5, 5.41) is 6.62. The lowest BCUT2D eigenvalue weighted by molar-refractivity contribution is 0.0977. The fraction of sp³-hybridized carbons (Fsp3) is 0.364. The Balaban J connectivity index is 1.55. The van der Waals surface area contributed by atoms with E-state index in [0.717, 1.165) is 36.6 Å². The fourth-order valence-electron chi connectivity index (χ4n) is 3.24. The predicted octanol–water partition coefficient (Wildman–Crippen LogP) is 5.25. The van der Waals surface area contributed by atoms with Crippen LogP contribution in [0.4, 0.5) is 11.4 Å². The topological polar surface area (TPSA) is 53.6 Å². The summed E-state index contributed by atoms with van der Waals surface area (Å²) >= 11 is 11.8. The molecule has 2 aromatic rings. The molecule has 1 heterocycles. The van der Waals surface area contributed by atoms with Crippen molar-refractivity contribution in [2.75, 3.05) is 29.9 Å². The number of hydrogen-bond donors (Lipinski definition) is 2. The molecule has 0 bridgehead atoms. The third kappa shape index (κ3) is 6.08. The van der Waals surface area contributed by atoms with Crippen LogP contribution in [0.3, 0.4) is 0 Å². The maximum atomic E-state index is 12.4. The Morgan fingerprint density at radius 2 is 1.86 bits per heavy atom. The van der Waals surface area contributed by atoms with Crippen LogP contribution in [0.25, 0.3) is 0 Å². The van der Waals surface area contributed by atoms with Crippen LogP contribution in [-0.2, 0) is 0 Å². The van der Waals surface area contributed by atoms with Crippen LogP contribution in [0.1, 0.15) is 43.0 Å². The van der Waals surface area contributed by atoms with Gasteiger partial charge in [-0.1, -0.05) is 18.5 Å². The van der Waals surface area contributed by atoms with Gasteiger partial charge in [0.05, 0.1) is 17.3 Å². The standard InChI is InChI=1S/C22H26ClN3O2S/c1-2-14-28-18-9-6-16(7-10-18)21(27)25-22(29)24-17-8-11-20(19(23)15-17)26-12-4-3-5-13-26/h6-11,15H,2-5,12-14H2,1H3,(H2,24,25,27,29). The second kappa shape index (κ2) is 10.5. The number of amides is 1. The molecule has 1 aliphatic rings. The summed E-state index contributed by atoms with van der Waals surface area (Å²) in [7, 11) is 0. The van der Waals surface area contributed by atoms with E-state index in [-0.39, 0.29) is 11.0 Å². The quantitative estimate of drug-likeness (QED) is 0.612. The van der Waals surface area contributed by atoms with Gasteiger partial charge < -0.3 is 15.0 Å². The maximum absolute atomic E-state index is 12.4. The molecule has 0 aromatic heterocycles. The van der Waals surface area contributed by atoms with E-state index >= 15 is 0 Å². The molecule has 154 valence electrons. The minimum absolute atomic E-state index is 0.225. The number of benzene rings is 2. The summed E-state index contributed by atoms with van der Waals surface area (Å²) in [4.78, 5) is 14.7. The van der Waals surface area contributed by atoms with Crippen LogP contribution < -0.4 is 20.3 Å². The van der Waals surface area contributed by atoms with Crippen LogP contribution in [0, 0.1) is 0 Å². The van der Waals surface area contributed by atoms with E-state index in [1.807, 2.05) is 25.1 Å². The summed E-state index contributed by atoms with van der Waals surface area (Å²) in [6.07, 6.45) is 4.59. The second-order valence-corrected chi connectivity index (χ2v) is 7.81. The van der Waals surface area contributed by atoms with Gasteiger partial charge in [0.1, 0.15) is 5.75 Å². The summed E-state index contributed by atoms with van der Waals surface area (Å²) in [6, 6.07) is 12.7. The van der Waals surface area contributed by atoms with Gasteiger partial charge in [0.15, 0.2) is 5.11 Å². The lowest BCUT2D eigenvalue weighted by Gasteiger charge is -2.29. The van der Waals surface area contributed by atoms with Crippen LogP contribution in [0.5, 0.6) is 5.75 Å². The molecule has 0 aliphatic carbocycles. The first kappa shape index (κ1) is 21.4. The first-order chi connectivity index (χ1) is 14.1. The Kier molecular flexibility index (Phi) is 7.72. The molecule has 0 radical (unpaired) electrons.